The van der Waals surface area contributed by atoms with Crippen LogP contribution in [0.5, 0.6) is 0 Å². The number of carbonyl (C=O) groups is 1. The van der Waals surface area contributed by atoms with Gasteiger partial charge in [0.1, 0.15) is 10.9 Å². The highest BCUT2D eigenvalue weighted by Crippen LogP contribution is 2.26. The molecule has 1 fully saturated rings. The normalized spacial score (nSPS) is 18.0. The fraction of sp³-hybridized carbons (Fsp3) is 0.615. The molecule has 0 aliphatic heterocycles. The SMILES string of the molecule is Cc1ncsc1C(=O)NC(C#N)C1CCCCC1. The standard InChI is InChI=1S/C13H17N3OS/c1-9-12(18-8-15-9)13(17)16-11(7-14)10-5-3-2-4-6-10/h8,10-11H,2-6H2,1H3,(H,16,17). The van der Waals surface area contributed by atoms with Crippen molar-refractivity contribution >= 4 is 17.2 Å². The second kappa shape index (κ2) is 5.96. The number of hydrogen-bond donors (Lipinski definition) is 1. The molecular weight excluding hydrogens is 246 g/mol. The van der Waals surface area contributed by atoms with Crippen molar-refractivity contribution in [1.82, 2.24) is 10.3 Å². The molecule has 1 saturated carbocycles. The molecule has 0 aromatic carbocycles. The molecule has 96 valence electrons. The maximum absolute atomic E-state index is 12.0. The molecule has 5 heteroatoms. The Bertz CT molecular complexity index is 457. The van der Waals surface area contributed by atoms with Gasteiger partial charge in [-0.25, -0.2) is 4.98 Å². The topological polar surface area (TPSA) is 65.8 Å². The Hall–Kier alpha value is -1.41. The summed E-state index contributed by atoms with van der Waals surface area (Å²) in [5.41, 5.74) is 2.39. The predicted molar refractivity (Wildman–Crippen MR) is 70.3 cm³/mol. The van der Waals surface area contributed by atoms with Crippen molar-refractivity contribution in [2.24, 2.45) is 5.92 Å². The van der Waals surface area contributed by atoms with Crippen molar-refractivity contribution in [3.8, 4) is 6.07 Å². The number of aromatic nitrogens is 1. The lowest BCUT2D eigenvalue weighted by atomic mass is 9.84. The van der Waals surface area contributed by atoms with Gasteiger partial charge in [0.15, 0.2) is 0 Å². The summed E-state index contributed by atoms with van der Waals surface area (Å²) in [6.45, 7) is 1.81. The number of hydrogen-bond acceptors (Lipinski definition) is 4. The molecule has 4 nitrogen and oxygen atoms in total. The molecule has 1 aliphatic rings. The van der Waals surface area contributed by atoms with Crippen LogP contribution in [0.4, 0.5) is 0 Å². The quantitative estimate of drug-likeness (QED) is 0.911. The van der Waals surface area contributed by atoms with Gasteiger partial charge in [0.2, 0.25) is 0 Å². The molecule has 1 aromatic rings. The van der Waals surface area contributed by atoms with E-state index in [4.69, 9.17) is 0 Å². The summed E-state index contributed by atoms with van der Waals surface area (Å²) in [7, 11) is 0. The summed E-state index contributed by atoms with van der Waals surface area (Å²) in [4.78, 5) is 16.7. The van der Waals surface area contributed by atoms with E-state index < -0.39 is 0 Å². The Morgan fingerprint density at radius 2 is 2.28 bits per heavy atom. The number of aryl methyl sites for hydroxylation is 1. The van der Waals surface area contributed by atoms with Crippen LogP contribution in [0.3, 0.4) is 0 Å². The summed E-state index contributed by atoms with van der Waals surface area (Å²) in [6, 6.07) is 1.87. The third-order valence-corrected chi connectivity index (χ3v) is 4.43. The molecular formula is C13H17N3OS. The van der Waals surface area contributed by atoms with Gasteiger partial charge in [-0.2, -0.15) is 5.26 Å². The van der Waals surface area contributed by atoms with E-state index in [1.807, 2.05) is 6.92 Å². The molecule has 0 radical (unpaired) electrons. The fourth-order valence-corrected chi connectivity index (χ4v) is 3.16. The number of rotatable bonds is 3. The lowest BCUT2D eigenvalue weighted by Crippen LogP contribution is -2.40. The van der Waals surface area contributed by atoms with Gasteiger partial charge < -0.3 is 5.32 Å². The first-order chi connectivity index (χ1) is 8.72. The predicted octanol–water partition coefficient (Wildman–Crippen LogP) is 2.65. The van der Waals surface area contributed by atoms with Gasteiger partial charge in [-0.1, -0.05) is 19.3 Å². The number of nitrogens with one attached hydrogen (secondary N) is 1. The van der Waals surface area contributed by atoms with Crippen molar-refractivity contribution in [1.29, 1.82) is 5.26 Å². The van der Waals surface area contributed by atoms with Crippen LogP contribution in [0, 0.1) is 24.2 Å². The lowest BCUT2D eigenvalue weighted by molar-refractivity contribution is 0.0932. The number of nitrogens with zero attached hydrogens (tertiary/aromatic N) is 2. The second-order valence-corrected chi connectivity index (χ2v) is 5.60. The third-order valence-electron chi connectivity index (χ3n) is 3.50. The van der Waals surface area contributed by atoms with Crippen molar-refractivity contribution in [3.05, 3.63) is 16.1 Å². The zero-order valence-electron chi connectivity index (χ0n) is 10.5. The van der Waals surface area contributed by atoms with Crippen LogP contribution in [0.15, 0.2) is 5.51 Å². The van der Waals surface area contributed by atoms with Gasteiger partial charge in [0.25, 0.3) is 5.91 Å². The van der Waals surface area contributed by atoms with E-state index in [2.05, 4.69) is 16.4 Å². The van der Waals surface area contributed by atoms with Gasteiger partial charge in [-0.3, -0.25) is 4.79 Å². The Morgan fingerprint density at radius 3 is 2.83 bits per heavy atom. The number of carbonyl (C=O) groups excluding carboxylic acids is 1. The summed E-state index contributed by atoms with van der Waals surface area (Å²) in [5.74, 6) is 0.146. The highest BCUT2D eigenvalue weighted by Gasteiger charge is 2.26. The van der Waals surface area contributed by atoms with Crippen molar-refractivity contribution in [3.63, 3.8) is 0 Å². The lowest BCUT2D eigenvalue weighted by Gasteiger charge is -2.26. The van der Waals surface area contributed by atoms with E-state index in [1.54, 1.807) is 5.51 Å². The fourth-order valence-electron chi connectivity index (χ4n) is 2.45. The minimum Gasteiger partial charge on any atom is -0.335 e. The molecule has 0 saturated heterocycles. The first-order valence-electron chi connectivity index (χ1n) is 6.33. The maximum atomic E-state index is 12.0. The molecule has 1 aliphatic carbocycles. The number of nitriles is 1. The zero-order chi connectivity index (χ0) is 13.0. The van der Waals surface area contributed by atoms with Crippen LogP contribution in [0.1, 0.15) is 47.5 Å². The average molecular weight is 263 g/mol. The highest BCUT2D eigenvalue weighted by atomic mass is 32.1. The molecule has 1 unspecified atom stereocenters. The van der Waals surface area contributed by atoms with Gasteiger partial charge in [0, 0.05) is 0 Å². The van der Waals surface area contributed by atoms with E-state index in [-0.39, 0.29) is 11.9 Å². The van der Waals surface area contributed by atoms with Crippen LogP contribution >= 0.6 is 11.3 Å². The molecule has 1 aromatic heterocycles. The van der Waals surface area contributed by atoms with E-state index in [0.29, 0.717) is 10.8 Å². The van der Waals surface area contributed by atoms with Gasteiger partial charge in [0.05, 0.1) is 17.3 Å². The Balaban J connectivity index is 2.00. The number of thiazole rings is 1. The van der Waals surface area contributed by atoms with Crippen molar-refractivity contribution in [2.75, 3.05) is 0 Å². The van der Waals surface area contributed by atoms with Crippen LogP contribution in [-0.4, -0.2) is 16.9 Å². The molecule has 1 N–H and O–H groups in total. The summed E-state index contributed by atoms with van der Waals surface area (Å²) < 4.78 is 0. The molecule has 1 atom stereocenters. The Morgan fingerprint density at radius 1 is 1.56 bits per heavy atom. The van der Waals surface area contributed by atoms with Crippen LogP contribution in [-0.2, 0) is 0 Å². The van der Waals surface area contributed by atoms with E-state index in [1.165, 1.54) is 17.8 Å². The van der Waals surface area contributed by atoms with E-state index in [0.717, 1.165) is 31.4 Å². The van der Waals surface area contributed by atoms with Crippen molar-refractivity contribution in [2.45, 2.75) is 45.1 Å². The second-order valence-electron chi connectivity index (χ2n) is 4.75. The Labute approximate surface area is 111 Å². The molecule has 2 rings (SSSR count). The first kappa shape index (κ1) is 13.0. The highest BCUT2D eigenvalue weighted by molar-refractivity contribution is 7.11. The van der Waals surface area contributed by atoms with Gasteiger partial charge in [-0.15, -0.1) is 11.3 Å². The minimum absolute atomic E-state index is 0.160. The van der Waals surface area contributed by atoms with Crippen molar-refractivity contribution < 1.29 is 4.79 Å². The van der Waals surface area contributed by atoms with E-state index >= 15 is 0 Å². The monoisotopic (exact) mass is 263 g/mol. The molecule has 18 heavy (non-hydrogen) atoms. The largest absolute Gasteiger partial charge is 0.335 e. The molecule has 1 amide bonds. The van der Waals surface area contributed by atoms with E-state index in [9.17, 15) is 10.1 Å². The molecule has 1 heterocycles. The van der Waals surface area contributed by atoms with Crippen LogP contribution in [0.2, 0.25) is 0 Å². The summed E-state index contributed by atoms with van der Waals surface area (Å²) >= 11 is 1.32. The molecule has 0 bridgehead atoms. The van der Waals surface area contributed by atoms with Crippen LogP contribution in [0.25, 0.3) is 0 Å². The molecule has 0 spiro atoms. The summed E-state index contributed by atoms with van der Waals surface area (Å²) in [6.07, 6.45) is 5.66. The maximum Gasteiger partial charge on any atom is 0.264 e. The Kier molecular flexibility index (Phi) is 4.32. The minimum atomic E-state index is -0.362. The summed E-state index contributed by atoms with van der Waals surface area (Å²) in [5, 5.41) is 12.1. The smallest absolute Gasteiger partial charge is 0.264 e. The van der Waals surface area contributed by atoms with Gasteiger partial charge in [-0.05, 0) is 25.7 Å². The zero-order valence-corrected chi connectivity index (χ0v) is 11.3. The first-order valence-corrected chi connectivity index (χ1v) is 7.21. The number of amides is 1. The average Bonchev–Trinajstić information content (AvgIpc) is 2.83. The van der Waals surface area contributed by atoms with Gasteiger partial charge >= 0.3 is 0 Å². The van der Waals surface area contributed by atoms with Crippen LogP contribution < -0.4 is 5.32 Å². The third kappa shape index (κ3) is 2.88.